The Balaban J connectivity index is 2.13. The van der Waals surface area contributed by atoms with E-state index in [1.54, 1.807) is 24.3 Å². The van der Waals surface area contributed by atoms with Crippen molar-refractivity contribution >= 4 is 23.1 Å². The van der Waals surface area contributed by atoms with Gasteiger partial charge in [0.05, 0.1) is 10.7 Å². The predicted molar refractivity (Wildman–Crippen MR) is 71.5 cm³/mol. The van der Waals surface area contributed by atoms with Crippen molar-refractivity contribution in [3.05, 3.63) is 41.3 Å². The molecule has 2 heterocycles. The fraction of sp³-hybridized carbons (Fsp3) is 0.0833. The number of aryl methyl sites for hydroxylation is 1. The number of anilines is 1. The van der Waals surface area contributed by atoms with Crippen molar-refractivity contribution < 1.29 is 4.74 Å². The lowest BCUT2D eigenvalue weighted by Gasteiger charge is -2.11. The van der Waals surface area contributed by atoms with Crippen LogP contribution in [-0.2, 0) is 0 Å². The van der Waals surface area contributed by atoms with E-state index in [1.807, 2.05) is 6.92 Å². The quantitative estimate of drug-likeness (QED) is 0.727. The number of fused-ring (bicyclic) bond motifs is 1. The molecule has 2 aromatic heterocycles. The molecule has 96 valence electrons. The fourth-order valence-electron chi connectivity index (χ4n) is 1.71. The molecule has 1 aromatic carbocycles. The molecule has 0 fully saturated rings. The Morgan fingerprint density at radius 1 is 1.37 bits per heavy atom. The van der Waals surface area contributed by atoms with E-state index in [4.69, 9.17) is 22.1 Å². The topological polar surface area (TPSA) is 78.3 Å². The highest BCUT2D eigenvalue weighted by Crippen LogP contribution is 2.34. The van der Waals surface area contributed by atoms with E-state index in [1.165, 1.54) is 10.8 Å². The molecule has 3 aromatic rings. The van der Waals surface area contributed by atoms with Crippen LogP contribution in [0.25, 0.3) is 5.78 Å². The Kier molecular flexibility index (Phi) is 2.72. The molecule has 0 unspecified atom stereocenters. The van der Waals surface area contributed by atoms with Gasteiger partial charge in [0, 0.05) is 11.8 Å². The van der Waals surface area contributed by atoms with Crippen LogP contribution in [0.1, 0.15) is 5.69 Å². The molecule has 0 radical (unpaired) electrons. The average molecular weight is 276 g/mol. The van der Waals surface area contributed by atoms with E-state index in [-0.39, 0.29) is 0 Å². The zero-order valence-electron chi connectivity index (χ0n) is 10.0. The molecule has 0 saturated carbocycles. The second-order valence-corrected chi connectivity index (χ2v) is 4.38. The normalized spacial score (nSPS) is 10.8. The van der Waals surface area contributed by atoms with Gasteiger partial charge in [-0.1, -0.05) is 17.7 Å². The third-order valence-electron chi connectivity index (χ3n) is 2.55. The smallest absolute Gasteiger partial charge is 0.255 e. The third-order valence-corrected chi connectivity index (χ3v) is 2.85. The molecule has 0 aliphatic heterocycles. The molecular weight excluding hydrogens is 266 g/mol. The first-order valence-corrected chi connectivity index (χ1v) is 5.92. The summed E-state index contributed by atoms with van der Waals surface area (Å²) in [4.78, 5) is 8.25. The number of aromatic nitrogens is 4. The van der Waals surface area contributed by atoms with E-state index < -0.39 is 0 Å². The van der Waals surface area contributed by atoms with E-state index in [9.17, 15) is 0 Å². The van der Waals surface area contributed by atoms with Crippen molar-refractivity contribution in [2.45, 2.75) is 6.92 Å². The lowest BCUT2D eigenvalue weighted by Crippen LogP contribution is -2.01. The summed E-state index contributed by atoms with van der Waals surface area (Å²) in [6.07, 6.45) is 1.41. The minimum Gasteiger partial charge on any atom is -0.435 e. The van der Waals surface area contributed by atoms with Crippen molar-refractivity contribution in [2.24, 2.45) is 0 Å². The van der Waals surface area contributed by atoms with Crippen LogP contribution >= 0.6 is 11.6 Å². The maximum atomic E-state index is 6.08. The van der Waals surface area contributed by atoms with Gasteiger partial charge in [-0.25, -0.2) is 4.98 Å². The van der Waals surface area contributed by atoms with Crippen molar-refractivity contribution in [1.82, 2.24) is 19.6 Å². The first-order chi connectivity index (χ1) is 9.15. The van der Waals surface area contributed by atoms with Gasteiger partial charge in [-0.05, 0) is 19.1 Å². The number of nitrogens with zero attached hydrogens (tertiary/aromatic N) is 4. The number of benzene rings is 1. The largest absolute Gasteiger partial charge is 0.435 e. The van der Waals surface area contributed by atoms with E-state index in [0.717, 1.165) is 5.69 Å². The number of nitrogens with two attached hydrogens (primary N) is 1. The second-order valence-electron chi connectivity index (χ2n) is 3.97. The molecule has 0 saturated heterocycles. The Bertz CT molecular complexity index is 735. The van der Waals surface area contributed by atoms with Crippen LogP contribution < -0.4 is 10.5 Å². The van der Waals surface area contributed by atoms with Gasteiger partial charge in [0.1, 0.15) is 6.33 Å². The summed E-state index contributed by atoms with van der Waals surface area (Å²) in [5.74, 6) is 1.31. The number of para-hydroxylation sites is 1. The molecular formula is C12H10ClN5O. The minimum absolute atomic E-state index is 0.395. The third kappa shape index (κ3) is 2.06. The molecule has 0 amide bonds. The van der Waals surface area contributed by atoms with Gasteiger partial charge in [-0.2, -0.15) is 14.6 Å². The molecule has 7 heteroatoms. The maximum Gasteiger partial charge on any atom is 0.255 e. The predicted octanol–water partition coefficient (Wildman–Crippen LogP) is 2.46. The minimum atomic E-state index is 0.395. The Hall–Kier alpha value is -2.34. The summed E-state index contributed by atoms with van der Waals surface area (Å²) in [5.41, 5.74) is 7.08. The number of hydrogen-bond donors (Lipinski definition) is 1. The van der Waals surface area contributed by atoms with Gasteiger partial charge in [-0.3, -0.25) is 0 Å². The lowest BCUT2D eigenvalue weighted by atomic mass is 10.3. The molecule has 0 atom stereocenters. The van der Waals surface area contributed by atoms with Gasteiger partial charge in [0.15, 0.2) is 5.75 Å². The van der Waals surface area contributed by atoms with Crippen LogP contribution in [0, 0.1) is 6.92 Å². The molecule has 6 nitrogen and oxygen atoms in total. The first kappa shape index (κ1) is 11.7. The SMILES string of the molecule is Cc1cc(Oc2c(N)cccc2Cl)n2ncnc2n1. The number of halogens is 1. The van der Waals surface area contributed by atoms with Gasteiger partial charge < -0.3 is 10.5 Å². The van der Waals surface area contributed by atoms with Crippen LogP contribution in [0.2, 0.25) is 5.02 Å². The zero-order chi connectivity index (χ0) is 13.4. The molecule has 2 N–H and O–H groups in total. The van der Waals surface area contributed by atoms with Crippen LogP contribution in [-0.4, -0.2) is 19.6 Å². The summed E-state index contributed by atoms with van der Waals surface area (Å²) < 4.78 is 7.24. The summed E-state index contributed by atoms with van der Waals surface area (Å²) in [5, 5.41) is 4.48. The molecule has 3 rings (SSSR count). The number of nitrogen functional groups attached to an aromatic ring is 1. The van der Waals surface area contributed by atoms with Crippen LogP contribution in [0.5, 0.6) is 11.6 Å². The Morgan fingerprint density at radius 3 is 3.00 bits per heavy atom. The van der Waals surface area contributed by atoms with Crippen LogP contribution in [0.3, 0.4) is 0 Å². The summed E-state index contributed by atoms with van der Waals surface area (Å²) in [6.45, 7) is 1.84. The monoisotopic (exact) mass is 275 g/mol. The van der Waals surface area contributed by atoms with Gasteiger partial charge in [0.25, 0.3) is 5.78 Å². The Morgan fingerprint density at radius 2 is 2.21 bits per heavy atom. The van der Waals surface area contributed by atoms with Crippen LogP contribution in [0.15, 0.2) is 30.6 Å². The van der Waals surface area contributed by atoms with Gasteiger partial charge >= 0.3 is 0 Å². The summed E-state index contributed by atoms with van der Waals surface area (Å²) in [6, 6.07) is 6.92. The van der Waals surface area contributed by atoms with Gasteiger partial charge in [0.2, 0.25) is 5.88 Å². The summed E-state index contributed by atoms with van der Waals surface area (Å²) >= 11 is 6.08. The highest BCUT2D eigenvalue weighted by molar-refractivity contribution is 6.32. The van der Waals surface area contributed by atoms with E-state index >= 15 is 0 Å². The van der Waals surface area contributed by atoms with Crippen molar-refractivity contribution in [1.29, 1.82) is 0 Å². The highest BCUT2D eigenvalue weighted by Gasteiger charge is 2.12. The standard InChI is InChI=1S/C12H10ClN5O/c1-7-5-10(18-12(17-7)15-6-16-18)19-11-8(13)3-2-4-9(11)14/h2-6H,14H2,1H3. The number of ether oxygens (including phenoxy) is 1. The van der Waals surface area contributed by atoms with Crippen LogP contribution in [0.4, 0.5) is 5.69 Å². The number of rotatable bonds is 2. The molecule has 19 heavy (non-hydrogen) atoms. The molecule has 0 bridgehead atoms. The molecule has 0 aliphatic carbocycles. The van der Waals surface area contributed by atoms with Crippen molar-refractivity contribution in [3.8, 4) is 11.6 Å². The first-order valence-electron chi connectivity index (χ1n) is 5.54. The maximum absolute atomic E-state index is 6.08. The van der Waals surface area contributed by atoms with Crippen molar-refractivity contribution in [2.75, 3.05) is 5.73 Å². The number of hydrogen-bond acceptors (Lipinski definition) is 5. The van der Waals surface area contributed by atoms with Crippen molar-refractivity contribution in [3.63, 3.8) is 0 Å². The summed E-state index contributed by atoms with van der Waals surface area (Å²) in [7, 11) is 0. The highest BCUT2D eigenvalue weighted by atomic mass is 35.5. The second kappa shape index (κ2) is 4.40. The average Bonchev–Trinajstić information content (AvgIpc) is 2.81. The Labute approximate surface area is 113 Å². The van der Waals surface area contributed by atoms with Gasteiger partial charge in [-0.15, -0.1) is 0 Å². The molecule has 0 aliphatic rings. The van der Waals surface area contributed by atoms with E-state index in [2.05, 4.69) is 15.1 Å². The fourth-order valence-corrected chi connectivity index (χ4v) is 1.93. The van der Waals surface area contributed by atoms with E-state index in [0.29, 0.717) is 28.1 Å². The zero-order valence-corrected chi connectivity index (χ0v) is 10.8. The lowest BCUT2D eigenvalue weighted by molar-refractivity contribution is 0.447. The molecule has 0 spiro atoms.